The summed E-state index contributed by atoms with van der Waals surface area (Å²) >= 11 is 0. The van der Waals surface area contributed by atoms with E-state index in [1.165, 1.54) is 12.8 Å². The fourth-order valence-corrected chi connectivity index (χ4v) is 12.5. The number of ether oxygens (including phenoxy) is 16. The van der Waals surface area contributed by atoms with Crippen molar-refractivity contribution in [3.63, 3.8) is 0 Å². The van der Waals surface area contributed by atoms with Gasteiger partial charge in [0.15, 0.2) is 44.0 Å². The summed E-state index contributed by atoms with van der Waals surface area (Å²) in [5.41, 5.74) is 0.907. The summed E-state index contributed by atoms with van der Waals surface area (Å²) in [4.78, 5) is 11.5. The molecule has 21 N–H and O–H groups in total. The first-order valence-electron chi connectivity index (χ1n) is 32.9. The van der Waals surface area contributed by atoms with Gasteiger partial charge in [-0.2, -0.15) is 0 Å². The second-order valence-electron chi connectivity index (χ2n) is 26.6. The van der Waals surface area contributed by atoms with Crippen molar-refractivity contribution < 1.29 is 188 Å². The van der Waals surface area contributed by atoms with Crippen LogP contribution in [0.1, 0.15) is 67.2 Å². The minimum atomic E-state index is -2.21. The third-order valence-electron chi connectivity index (χ3n) is 18.4. The van der Waals surface area contributed by atoms with E-state index >= 15 is 0 Å². The van der Waals surface area contributed by atoms with Gasteiger partial charge in [-0.25, -0.2) is 4.79 Å². The number of allylic oxidation sites excluding steroid dienone is 3. The fourth-order valence-electron chi connectivity index (χ4n) is 12.5. The highest BCUT2D eigenvalue weighted by atomic mass is 16.8. The van der Waals surface area contributed by atoms with E-state index in [1.807, 2.05) is 26.8 Å². The smallest absolute Gasteiger partial charge is 0.331 e. The van der Waals surface area contributed by atoms with Gasteiger partial charge >= 0.3 is 5.97 Å². The quantitative estimate of drug-likeness (QED) is 0.0365. The molecule has 36 atom stereocenters. The molecule has 0 aromatic carbocycles. The Kier molecular flexibility index (Phi) is 31.9. The van der Waals surface area contributed by atoms with E-state index in [1.54, 1.807) is 13.2 Å². The molecular formula is C61H104O38. The molecule has 21 fully saturated rings. The molecule has 0 spiro atoms. The van der Waals surface area contributed by atoms with Crippen molar-refractivity contribution >= 4 is 5.97 Å². The maximum atomic E-state index is 11.5. The summed E-state index contributed by atoms with van der Waals surface area (Å²) in [6.45, 7) is 4.81. The van der Waals surface area contributed by atoms with E-state index in [0.717, 1.165) is 18.4 Å². The Balaban J connectivity index is 0.000000537. The van der Waals surface area contributed by atoms with E-state index < -0.39 is 261 Å². The monoisotopic (exact) mass is 1440 g/mol. The number of rotatable bonds is 17. The van der Waals surface area contributed by atoms with Crippen LogP contribution < -0.4 is 0 Å². The number of aliphatic hydroxyl groups is 21. The van der Waals surface area contributed by atoms with E-state index in [-0.39, 0.29) is 17.7 Å². The van der Waals surface area contributed by atoms with Crippen LogP contribution in [-0.4, -0.2) is 393 Å². The minimum Gasteiger partial charge on any atom is -0.460 e. The van der Waals surface area contributed by atoms with Crippen molar-refractivity contribution in [1.82, 2.24) is 0 Å². The molecular weight excluding hydrogens is 1340 g/mol. The molecule has 21 aliphatic rings. The first-order chi connectivity index (χ1) is 46.8. The minimum absolute atomic E-state index is 0.0222. The molecule has 0 aromatic heterocycles. The second-order valence-corrected chi connectivity index (χ2v) is 26.6. The lowest BCUT2D eigenvalue weighted by atomic mass is 9.95. The van der Waals surface area contributed by atoms with E-state index in [9.17, 15) is 112 Å². The van der Waals surface area contributed by atoms with Gasteiger partial charge in [0.1, 0.15) is 171 Å². The highest BCUT2D eigenvalue weighted by molar-refractivity contribution is 5.83. The lowest BCUT2D eigenvalue weighted by Gasteiger charge is -2.50. The topological polar surface area (TPSA) is 590 Å². The van der Waals surface area contributed by atoms with Crippen LogP contribution >= 0.6 is 0 Å². The van der Waals surface area contributed by atoms with Gasteiger partial charge < -0.3 is 183 Å². The molecule has 0 radical (unpaired) electrons. The summed E-state index contributed by atoms with van der Waals surface area (Å²) in [7, 11) is 1.77. The zero-order chi connectivity index (χ0) is 73.2. The molecule has 1 unspecified atom stereocenters. The van der Waals surface area contributed by atoms with E-state index in [2.05, 4.69) is 26.8 Å². The maximum Gasteiger partial charge on any atom is 0.331 e. The Morgan fingerprint density at radius 2 is 0.606 bits per heavy atom. The number of carbonyl (C=O) groups excluding carboxylic acids is 1. The van der Waals surface area contributed by atoms with E-state index in [0.29, 0.717) is 5.92 Å². The fraction of sp³-hybridized carbons (Fsp3) is 0.918. The van der Waals surface area contributed by atoms with Crippen molar-refractivity contribution in [2.45, 2.75) is 294 Å². The Morgan fingerprint density at radius 1 is 0.384 bits per heavy atom. The molecule has 14 bridgehead atoms. The number of methoxy groups -OCH3 is 1. The van der Waals surface area contributed by atoms with Gasteiger partial charge in [-0.1, -0.05) is 31.9 Å². The second kappa shape index (κ2) is 37.7. The third-order valence-corrected chi connectivity index (χ3v) is 18.4. The van der Waals surface area contributed by atoms with Crippen LogP contribution in [-0.2, 0) is 80.6 Å². The van der Waals surface area contributed by atoms with Crippen molar-refractivity contribution in [2.24, 2.45) is 5.92 Å². The van der Waals surface area contributed by atoms with Crippen LogP contribution in [0.4, 0.5) is 0 Å². The molecule has 21 saturated heterocycles. The number of hydrogen-bond donors (Lipinski definition) is 21. The zero-order valence-corrected chi connectivity index (χ0v) is 55.7. The summed E-state index contributed by atoms with van der Waals surface area (Å²) in [5.74, 6) is 0.367. The van der Waals surface area contributed by atoms with Crippen LogP contribution in [0.3, 0.4) is 0 Å². The van der Waals surface area contributed by atoms with Crippen molar-refractivity contribution in [3.05, 3.63) is 23.8 Å². The molecule has 21 heterocycles. The molecule has 576 valence electrons. The van der Waals surface area contributed by atoms with Gasteiger partial charge in [-0.3, -0.25) is 0 Å². The third kappa shape index (κ3) is 20.2. The van der Waals surface area contributed by atoms with Gasteiger partial charge in [-0.05, 0) is 59.0 Å². The van der Waals surface area contributed by atoms with Crippen LogP contribution in [0.25, 0.3) is 0 Å². The predicted octanol–water partition coefficient (Wildman–Crippen LogP) is -10.2. The number of carbonyl (C=O) groups is 1. The highest BCUT2D eigenvalue weighted by Crippen LogP contribution is 2.39. The molecule has 21 rings (SSSR count). The molecule has 0 aromatic rings. The first kappa shape index (κ1) is 83.8. The Hall–Kier alpha value is -2.49. The first-order valence-corrected chi connectivity index (χ1v) is 32.9. The van der Waals surface area contributed by atoms with E-state index in [4.69, 9.17) is 75.8 Å². The van der Waals surface area contributed by atoms with Gasteiger partial charge in [0.05, 0.1) is 58.0 Å². The summed E-state index contributed by atoms with van der Waals surface area (Å²) < 4.78 is 90.0. The van der Waals surface area contributed by atoms with Gasteiger partial charge in [0.25, 0.3) is 0 Å². The molecule has 99 heavy (non-hydrogen) atoms. The lowest BCUT2D eigenvalue weighted by Crippen LogP contribution is -2.68. The number of hydrogen-bond acceptors (Lipinski definition) is 38. The molecule has 38 heteroatoms. The molecule has 21 aliphatic heterocycles. The Bertz CT molecular complexity index is 2100. The molecule has 0 aliphatic carbocycles. The normalized spacial score (nSPS) is 46.3. The Morgan fingerprint density at radius 3 is 0.798 bits per heavy atom. The lowest BCUT2D eigenvalue weighted by molar-refractivity contribution is -0.396. The zero-order valence-electron chi connectivity index (χ0n) is 55.7. The standard InChI is InChI=1S/C42H70O35.C19H34O3/c43-1-8-29-15(50)22(57)36(64-8)72-30-9(2-44)66-38(24(59)17(30)52)74-32-11(4-46)68-40(26(61)19(32)54)76-34-13(6-48)70-42(28(63)21(34)56)77-35-14(7-49)69-41(27(62)20(35)55)75-33-12(5-47)67-39(25(60)18(33)53)73-31-10(3-45)65-37(71-29)23(58)16(31)51;1-15(2)22-18(20)14-17(4)11-8-10-16(3)12-9-13-19(5,6)21-7/h8-63H,1-7H2;8,11,14-16H,9-10,12-13H2,1-7H3/b;11-8+,17-14+/t8-,9-,10-,11-,12-,13-,14-,15-,16-,17-,18-,19+,20+,21+,22-,23-,24-,25-,26+,27+,28+,29-,30-,31-,32-,33-,34-,35-,36-,37-,38-,39-,40-,41-,42-;/m1./s1. The van der Waals surface area contributed by atoms with Crippen LogP contribution in [0.2, 0.25) is 0 Å². The van der Waals surface area contributed by atoms with Gasteiger partial charge in [0, 0.05) is 13.2 Å². The molecule has 0 saturated carbocycles. The number of esters is 1. The van der Waals surface area contributed by atoms with Gasteiger partial charge in [-0.15, -0.1) is 0 Å². The summed E-state index contributed by atoms with van der Waals surface area (Å²) in [5, 5.41) is 230. The Labute approximate surface area is 569 Å². The highest BCUT2D eigenvalue weighted by Gasteiger charge is 2.59. The van der Waals surface area contributed by atoms with Gasteiger partial charge in [0.2, 0.25) is 0 Å². The van der Waals surface area contributed by atoms with Crippen molar-refractivity contribution in [3.8, 4) is 0 Å². The average molecular weight is 1450 g/mol. The maximum absolute atomic E-state index is 11.5. The summed E-state index contributed by atoms with van der Waals surface area (Å²) in [6, 6.07) is 0. The number of aliphatic hydroxyl groups excluding tert-OH is 21. The largest absolute Gasteiger partial charge is 0.460 e. The van der Waals surface area contributed by atoms with Crippen LogP contribution in [0.15, 0.2) is 23.8 Å². The molecule has 38 nitrogen and oxygen atoms in total. The SMILES string of the molecule is COC(C)(C)CCCC(C)C/C=C/C(C)=C/C(=O)OC(C)C.OC[C@H]1O[C@@H]2O[C@H]3[C@H](O)[C@@H](O)[C@@H](O[C@H]4[C@H](O)[C@@H](O)[C@@H](O[C@H]5[C@H](O)[C@@H](O)[C@@H](O[C@H]6[C@@H](O)[C@H](O)[C@@H](O[C@H]7[C@@H](O)[C@H](O)[C@@H](O[C@H]8[C@@H](O)[C@H](O)[C@@H](O[C@H]1[C@H](O)[C@H]2O)O[C@@H]8CO)O[C@@H]7CO)O[C@@H]6CO)O[C@@H]5CO)O[C@@H]4CO)O[C@@H]3CO. The van der Waals surface area contributed by atoms with Crippen LogP contribution in [0, 0.1) is 5.92 Å². The van der Waals surface area contributed by atoms with Crippen molar-refractivity contribution in [2.75, 3.05) is 53.4 Å². The van der Waals surface area contributed by atoms with Crippen molar-refractivity contribution in [1.29, 1.82) is 0 Å². The average Bonchev–Trinajstić information content (AvgIpc) is 0.787. The summed E-state index contributed by atoms with van der Waals surface area (Å²) in [6.07, 6.45) is -60.2. The predicted molar refractivity (Wildman–Crippen MR) is 321 cm³/mol. The van der Waals surface area contributed by atoms with Crippen LogP contribution in [0.5, 0.6) is 0 Å². The molecule has 0 amide bonds.